The van der Waals surface area contributed by atoms with Gasteiger partial charge in [-0.2, -0.15) is 0 Å². The van der Waals surface area contributed by atoms with E-state index in [1.165, 1.54) is 5.56 Å². The highest BCUT2D eigenvalue weighted by atomic mass is 79.9. The first kappa shape index (κ1) is 11.0. The predicted molar refractivity (Wildman–Crippen MR) is 73.0 cm³/mol. The van der Waals surface area contributed by atoms with Gasteiger partial charge >= 0.3 is 0 Å². The van der Waals surface area contributed by atoms with Crippen molar-refractivity contribution in [1.29, 1.82) is 0 Å². The molecule has 0 unspecified atom stereocenters. The van der Waals surface area contributed by atoms with E-state index in [0.29, 0.717) is 0 Å². The number of aryl methyl sites for hydroxylation is 1. The van der Waals surface area contributed by atoms with Gasteiger partial charge in [-0.3, -0.25) is 0 Å². The lowest BCUT2D eigenvalue weighted by Gasteiger charge is -2.10. The van der Waals surface area contributed by atoms with E-state index in [1.807, 2.05) is 30.3 Å². The molecule has 2 rings (SSSR count). The summed E-state index contributed by atoms with van der Waals surface area (Å²) in [7, 11) is 0. The third-order valence-corrected chi connectivity index (χ3v) is 2.80. The van der Waals surface area contributed by atoms with E-state index < -0.39 is 0 Å². The van der Waals surface area contributed by atoms with Crippen LogP contribution in [-0.2, 0) is 0 Å². The molecule has 0 spiro atoms. The van der Waals surface area contributed by atoms with Gasteiger partial charge < -0.3 is 11.1 Å². The van der Waals surface area contributed by atoms with Gasteiger partial charge in [-0.1, -0.05) is 28.1 Å². The highest BCUT2D eigenvalue weighted by Crippen LogP contribution is 2.26. The van der Waals surface area contributed by atoms with Crippen molar-refractivity contribution in [2.45, 2.75) is 6.92 Å². The minimum absolute atomic E-state index is 0.732. The quantitative estimate of drug-likeness (QED) is 0.811. The molecule has 2 aromatic rings. The summed E-state index contributed by atoms with van der Waals surface area (Å²) in [6.45, 7) is 2.07. The first-order chi connectivity index (χ1) is 7.65. The van der Waals surface area contributed by atoms with E-state index in [4.69, 9.17) is 5.73 Å². The molecular weight excluding hydrogens is 264 g/mol. The van der Waals surface area contributed by atoms with E-state index in [9.17, 15) is 0 Å². The Balaban J connectivity index is 2.27. The Kier molecular flexibility index (Phi) is 3.15. The van der Waals surface area contributed by atoms with Gasteiger partial charge in [-0.05, 0) is 42.8 Å². The monoisotopic (exact) mass is 276 g/mol. The topological polar surface area (TPSA) is 38.0 Å². The Bertz CT molecular complexity index is 509. The van der Waals surface area contributed by atoms with Crippen molar-refractivity contribution in [3.63, 3.8) is 0 Å². The van der Waals surface area contributed by atoms with Crippen LogP contribution in [0.3, 0.4) is 0 Å². The van der Waals surface area contributed by atoms with Crippen LogP contribution in [-0.4, -0.2) is 0 Å². The summed E-state index contributed by atoms with van der Waals surface area (Å²) < 4.78 is 0.986. The van der Waals surface area contributed by atoms with Gasteiger partial charge in [0.1, 0.15) is 0 Å². The minimum Gasteiger partial charge on any atom is -0.397 e. The Morgan fingerprint density at radius 2 is 1.94 bits per heavy atom. The fourth-order valence-electron chi connectivity index (χ4n) is 1.53. The molecule has 0 atom stereocenters. The normalized spacial score (nSPS) is 10.1. The largest absolute Gasteiger partial charge is 0.397 e. The summed E-state index contributed by atoms with van der Waals surface area (Å²) in [4.78, 5) is 0. The molecule has 3 heteroatoms. The molecule has 0 saturated heterocycles. The number of nitrogens with one attached hydrogen (secondary N) is 1. The predicted octanol–water partition coefficient (Wildman–Crippen LogP) is 4.08. The molecular formula is C13H13BrN2. The Hall–Kier alpha value is -1.48. The van der Waals surface area contributed by atoms with Crippen molar-refractivity contribution >= 4 is 33.0 Å². The van der Waals surface area contributed by atoms with E-state index in [0.717, 1.165) is 21.5 Å². The molecule has 0 saturated carbocycles. The maximum atomic E-state index is 5.91. The lowest BCUT2D eigenvalue weighted by Crippen LogP contribution is -1.96. The van der Waals surface area contributed by atoms with Crippen LogP contribution in [0.25, 0.3) is 0 Å². The molecule has 16 heavy (non-hydrogen) atoms. The van der Waals surface area contributed by atoms with Crippen molar-refractivity contribution < 1.29 is 0 Å². The van der Waals surface area contributed by atoms with Gasteiger partial charge in [-0.15, -0.1) is 0 Å². The number of rotatable bonds is 2. The molecule has 2 nitrogen and oxygen atoms in total. The molecule has 2 aromatic carbocycles. The fraction of sp³-hybridized carbons (Fsp3) is 0.0769. The van der Waals surface area contributed by atoms with Crippen LogP contribution in [0.2, 0.25) is 0 Å². The zero-order valence-electron chi connectivity index (χ0n) is 9.00. The van der Waals surface area contributed by atoms with Crippen LogP contribution in [0, 0.1) is 6.92 Å². The summed E-state index contributed by atoms with van der Waals surface area (Å²) in [5, 5.41) is 3.29. The first-order valence-electron chi connectivity index (χ1n) is 5.04. The molecule has 0 radical (unpaired) electrons. The van der Waals surface area contributed by atoms with Crippen LogP contribution < -0.4 is 11.1 Å². The molecule has 0 amide bonds. The number of nitrogen functional groups attached to an aromatic ring is 1. The summed E-state index contributed by atoms with van der Waals surface area (Å²) in [6.07, 6.45) is 0. The minimum atomic E-state index is 0.732. The van der Waals surface area contributed by atoms with Gasteiger partial charge in [0.2, 0.25) is 0 Å². The van der Waals surface area contributed by atoms with Gasteiger partial charge in [0.15, 0.2) is 0 Å². The summed E-state index contributed by atoms with van der Waals surface area (Å²) >= 11 is 3.39. The number of nitrogens with two attached hydrogens (primary N) is 1. The smallest absolute Gasteiger partial charge is 0.0618 e. The van der Waals surface area contributed by atoms with Crippen LogP contribution >= 0.6 is 15.9 Å². The molecule has 0 aliphatic carbocycles. The molecule has 0 aliphatic rings. The lowest BCUT2D eigenvalue weighted by molar-refractivity contribution is 1.45. The van der Waals surface area contributed by atoms with E-state index in [2.05, 4.69) is 40.3 Å². The standard InChI is InChI=1S/C13H13BrN2/c1-9-3-2-4-11(7-9)16-13-6-5-10(14)8-12(13)15/h2-8,16H,15H2,1H3. The van der Waals surface area contributed by atoms with Gasteiger partial charge in [0.05, 0.1) is 11.4 Å². The van der Waals surface area contributed by atoms with Crippen molar-refractivity contribution in [3.8, 4) is 0 Å². The van der Waals surface area contributed by atoms with Crippen LogP contribution in [0.15, 0.2) is 46.9 Å². The summed E-state index contributed by atoms with van der Waals surface area (Å²) in [6, 6.07) is 14.0. The first-order valence-corrected chi connectivity index (χ1v) is 5.83. The number of hydrogen-bond acceptors (Lipinski definition) is 2. The van der Waals surface area contributed by atoms with E-state index in [1.54, 1.807) is 0 Å². The zero-order chi connectivity index (χ0) is 11.5. The molecule has 0 aromatic heterocycles. The van der Waals surface area contributed by atoms with Gasteiger partial charge in [0, 0.05) is 10.2 Å². The molecule has 0 fully saturated rings. The second kappa shape index (κ2) is 4.58. The van der Waals surface area contributed by atoms with Crippen molar-refractivity contribution in [1.82, 2.24) is 0 Å². The molecule has 3 N–H and O–H groups in total. The van der Waals surface area contributed by atoms with Crippen LogP contribution in [0.5, 0.6) is 0 Å². The number of halogens is 1. The Labute approximate surface area is 104 Å². The molecule has 82 valence electrons. The Morgan fingerprint density at radius 1 is 1.12 bits per heavy atom. The number of anilines is 3. The van der Waals surface area contributed by atoms with Crippen LogP contribution in [0.1, 0.15) is 5.56 Å². The van der Waals surface area contributed by atoms with E-state index in [-0.39, 0.29) is 0 Å². The second-order valence-corrected chi connectivity index (χ2v) is 4.64. The van der Waals surface area contributed by atoms with Crippen molar-refractivity contribution in [2.24, 2.45) is 0 Å². The molecule has 0 bridgehead atoms. The second-order valence-electron chi connectivity index (χ2n) is 3.73. The fourth-order valence-corrected chi connectivity index (χ4v) is 1.90. The highest BCUT2D eigenvalue weighted by Gasteiger charge is 2.00. The summed E-state index contributed by atoms with van der Waals surface area (Å²) in [5.41, 5.74) is 9.84. The van der Waals surface area contributed by atoms with Crippen molar-refractivity contribution in [2.75, 3.05) is 11.1 Å². The SMILES string of the molecule is Cc1cccc(Nc2ccc(Br)cc2N)c1. The van der Waals surface area contributed by atoms with E-state index >= 15 is 0 Å². The average Bonchev–Trinajstić information content (AvgIpc) is 2.22. The number of hydrogen-bond donors (Lipinski definition) is 2. The zero-order valence-corrected chi connectivity index (χ0v) is 10.6. The maximum absolute atomic E-state index is 5.91. The van der Waals surface area contributed by atoms with Crippen molar-refractivity contribution in [3.05, 3.63) is 52.5 Å². The average molecular weight is 277 g/mol. The van der Waals surface area contributed by atoms with Gasteiger partial charge in [-0.25, -0.2) is 0 Å². The third kappa shape index (κ3) is 2.55. The molecule has 0 heterocycles. The highest BCUT2D eigenvalue weighted by molar-refractivity contribution is 9.10. The molecule has 0 aliphatic heterocycles. The third-order valence-electron chi connectivity index (χ3n) is 2.31. The summed E-state index contributed by atoms with van der Waals surface area (Å²) in [5.74, 6) is 0. The lowest BCUT2D eigenvalue weighted by atomic mass is 10.2. The maximum Gasteiger partial charge on any atom is 0.0618 e. The van der Waals surface area contributed by atoms with Crippen LogP contribution in [0.4, 0.5) is 17.1 Å². The number of benzene rings is 2. The van der Waals surface area contributed by atoms with Gasteiger partial charge in [0.25, 0.3) is 0 Å². The Morgan fingerprint density at radius 3 is 2.62 bits per heavy atom.